The number of hydrogen-bond acceptors (Lipinski definition) is 8. The number of halogens is 3. The number of carbonyl (C=O) groups excluding carboxylic acids is 1. The summed E-state index contributed by atoms with van der Waals surface area (Å²) in [7, 11) is 0. The summed E-state index contributed by atoms with van der Waals surface area (Å²) in [6.07, 6.45) is 1.83. The molecule has 196 valence electrons. The number of aromatic nitrogens is 4. The van der Waals surface area contributed by atoms with E-state index in [9.17, 15) is 23.1 Å². The molecule has 12 heteroatoms. The summed E-state index contributed by atoms with van der Waals surface area (Å²) in [5.74, 6) is -3.88. The Bertz CT molecular complexity index is 1380. The molecule has 1 amide bonds. The Balaban J connectivity index is 1.52. The highest BCUT2D eigenvalue weighted by Gasteiger charge is 2.59. The second kappa shape index (κ2) is 8.79. The largest absolute Gasteiger partial charge is 0.390 e. The van der Waals surface area contributed by atoms with Gasteiger partial charge >= 0.3 is 0 Å². The third-order valence-electron chi connectivity index (χ3n) is 6.97. The van der Waals surface area contributed by atoms with Crippen LogP contribution in [0.1, 0.15) is 67.2 Å². The van der Waals surface area contributed by atoms with E-state index in [4.69, 9.17) is 5.73 Å². The number of fused-ring (bicyclic) bond motifs is 1. The first-order valence-corrected chi connectivity index (χ1v) is 12.1. The van der Waals surface area contributed by atoms with Crippen molar-refractivity contribution < 1.29 is 23.1 Å². The van der Waals surface area contributed by atoms with Gasteiger partial charge in [0.15, 0.2) is 5.67 Å². The summed E-state index contributed by atoms with van der Waals surface area (Å²) in [4.78, 5) is 31.2. The predicted octanol–water partition coefficient (Wildman–Crippen LogP) is 3.81. The predicted molar refractivity (Wildman–Crippen MR) is 132 cm³/mol. The lowest BCUT2D eigenvalue weighted by Gasteiger charge is -2.38. The zero-order valence-electron chi connectivity index (χ0n) is 20.7. The van der Waals surface area contributed by atoms with Crippen LogP contribution in [0.25, 0.3) is 10.8 Å². The lowest BCUT2D eigenvalue weighted by Crippen LogP contribution is -2.52. The van der Waals surface area contributed by atoms with Crippen molar-refractivity contribution in [3.63, 3.8) is 0 Å². The van der Waals surface area contributed by atoms with Gasteiger partial charge in [0, 0.05) is 30.7 Å². The van der Waals surface area contributed by atoms with Gasteiger partial charge in [-0.3, -0.25) is 4.79 Å². The number of aliphatic hydroxyl groups excluding tert-OH is 1. The Kier molecular flexibility index (Phi) is 5.97. The number of primary amides is 1. The molecule has 0 spiro atoms. The van der Waals surface area contributed by atoms with E-state index in [1.165, 1.54) is 19.3 Å². The summed E-state index contributed by atoms with van der Waals surface area (Å²) in [6, 6.07) is 3.28. The van der Waals surface area contributed by atoms with Crippen LogP contribution in [0.5, 0.6) is 0 Å². The van der Waals surface area contributed by atoms with Crippen molar-refractivity contribution >= 4 is 34.3 Å². The van der Waals surface area contributed by atoms with Gasteiger partial charge in [0.25, 0.3) is 11.8 Å². The molecule has 1 aliphatic heterocycles. The average Bonchev–Trinajstić information content (AvgIpc) is 3.47. The Morgan fingerprint density at radius 1 is 1.22 bits per heavy atom. The summed E-state index contributed by atoms with van der Waals surface area (Å²) in [6.45, 7) is 5.44. The van der Waals surface area contributed by atoms with E-state index in [1.807, 2.05) is 13.8 Å². The van der Waals surface area contributed by atoms with Crippen molar-refractivity contribution in [1.29, 1.82) is 0 Å². The number of carbonyl (C=O) groups is 1. The molecule has 37 heavy (non-hydrogen) atoms. The molecule has 2 fully saturated rings. The first kappa shape index (κ1) is 25.1. The fourth-order valence-electron chi connectivity index (χ4n) is 4.89. The standard InChI is InChI=1S/C25H28F3N7O2/c1-12(2)19-13-8-18(31-10-14(13)20(22(29)37)34-21(19)15-9-25(15,27)28)32-17-4-6-30-23(33-17)35-7-5-16(36)24(3,26)11-35/h4,6,8,10,12,15-16,36H,5,7,9,11H2,1-3H3,(H2,29,37)(H,30,31,32,33)/t15-,16-,24+/m1/s1. The van der Waals surface area contributed by atoms with Crippen molar-refractivity contribution in [2.75, 3.05) is 23.3 Å². The SMILES string of the molecule is CC(C)c1c([C@H]2CC2(F)F)nc(C(N)=O)c2cnc(Nc3ccnc(N4CC[C@@H](O)[C@@](C)(F)C4)n3)cc12. The van der Waals surface area contributed by atoms with E-state index in [1.54, 1.807) is 17.0 Å². The fraction of sp³-hybridized carbons (Fsp3) is 0.480. The van der Waals surface area contributed by atoms with Gasteiger partial charge in [0.05, 0.1) is 24.3 Å². The van der Waals surface area contributed by atoms with Gasteiger partial charge in [-0.2, -0.15) is 4.98 Å². The maximum atomic E-state index is 14.7. The van der Waals surface area contributed by atoms with Gasteiger partial charge < -0.3 is 21.1 Å². The van der Waals surface area contributed by atoms with Gasteiger partial charge in [-0.1, -0.05) is 13.8 Å². The van der Waals surface area contributed by atoms with Gasteiger partial charge in [-0.05, 0) is 42.3 Å². The van der Waals surface area contributed by atoms with Crippen LogP contribution >= 0.6 is 0 Å². The van der Waals surface area contributed by atoms with Crippen LogP contribution in [-0.2, 0) is 0 Å². The number of rotatable bonds is 6. The van der Waals surface area contributed by atoms with Crippen LogP contribution in [0.15, 0.2) is 24.5 Å². The number of alkyl halides is 3. The van der Waals surface area contributed by atoms with Crippen LogP contribution < -0.4 is 16.0 Å². The molecule has 1 saturated carbocycles. The molecule has 1 saturated heterocycles. The minimum absolute atomic E-state index is 0.0545. The molecule has 4 N–H and O–H groups in total. The summed E-state index contributed by atoms with van der Waals surface area (Å²) < 4.78 is 42.8. The average molecular weight is 516 g/mol. The van der Waals surface area contributed by atoms with Crippen LogP contribution in [0.2, 0.25) is 0 Å². The monoisotopic (exact) mass is 515 g/mol. The highest BCUT2D eigenvalue weighted by molar-refractivity contribution is 6.06. The molecule has 0 bridgehead atoms. The third kappa shape index (κ3) is 4.65. The van der Waals surface area contributed by atoms with E-state index in [-0.39, 0.29) is 36.7 Å². The third-order valence-corrected chi connectivity index (χ3v) is 6.97. The number of anilines is 3. The molecule has 2 aliphatic rings. The molecule has 1 aliphatic carbocycles. The highest BCUT2D eigenvalue weighted by Crippen LogP contribution is 2.57. The number of amides is 1. The van der Waals surface area contributed by atoms with Gasteiger partial charge in [0.1, 0.15) is 17.3 Å². The molecule has 3 aromatic rings. The van der Waals surface area contributed by atoms with Crippen LogP contribution in [0, 0.1) is 0 Å². The number of aliphatic hydroxyl groups is 1. The van der Waals surface area contributed by atoms with Gasteiger partial charge in [-0.25, -0.2) is 28.1 Å². The quantitative estimate of drug-likeness (QED) is 0.452. The first-order valence-electron chi connectivity index (χ1n) is 12.1. The number of nitrogens with zero attached hydrogens (tertiary/aromatic N) is 5. The molecule has 0 unspecified atom stereocenters. The highest BCUT2D eigenvalue weighted by atomic mass is 19.3. The van der Waals surface area contributed by atoms with Crippen LogP contribution in [0.3, 0.4) is 0 Å². The number of nitrogens with two attached hydrogens (primary N) is 1. The number of nitrogens with one attached hydrogen (secondary N) is 1. The minimum Gasteiger partial charge on any atom is -0.390 e. The molecule has 3 aromatic heterocycles. The second-order valence-electron chi connectivity index (χ2n) is 10.3. The topological polar surface area (TPSA) is 130 Å². The second-order valence-corrected chi connectivity index (χ2v) is 10.3. The van der Waals surface area contributed by atoms with Crippen molar-refractivity contribution in [2.24, 2.45) is 5.73 Å². The molecule has 0 aromatic carbocycles. The normalized spacial score (nSPS) is 24.9. The Labute approximate surface area is 211 Å². The molecular weight excluding hydrogens is 487 g/mol. The zero-order valence-corrected chi connectivity index (χ0v) is 20.7. The molecule has 9 nitrogen and oxygen atoms in total. The number of hydrogen-bond donors (Lipinski definition) is 3. The first-order chi connectivity index (χ1) is 17.4. The Morgan fingerprint density at radius 3 is 2.57 bits per heavy atom. The van der Waals surface area contributed by atoms with E-state index < -0.39 is 29.5 Å². The molecule has 3 atom stereocenters. The van der Waals surface area contributed by atoms with Crippen molar-refractivity contribution in [3.05, 3.63) is 41.5 Å². The summed E-state index contributed by atoms with van der Waals surface area (Å²) in [5, 5.41) is 13.9. The number of pyridine rings is 2. The summed E-state index contributed by atoms with van der Waals surface area (Å²) >= 11 is 0. The maximum absolute atomic E-state index is 14.7. The Morgan fingerprint density at radius 2 is 1.95 bits per heavy atom. The summed E-state index contributed by atoms with van der Waals surface area (Å²) in [5.41, 5.74) is 4.46. The lowest BCUT2D eigenvalue weighted by atomic mass is 9.92. The molecule has 5 rings (SSSR count). The van der Waals surface area contributed by atoms with E-state index in [0.29, 0.717) is 40.5 Å². The maximum Gasteiger partial charge on any atom is 0.268 e. The minimum atomic E-state index is -2.87. The molecule has 0 radical (unpaired) electrons. The van der Waals surface area contributed by atoms with E-state index in [2.05, 4.69) is 25.3 Å². The lowest BCUT2D eigenvalue weighted by molar-refractivity contribution is -0.00860. The van der Waals surface area contributed by atoms with Crippen LogP contribution in [0.4, 0.5) is 30.8 Å². The van der Waals surface area contributed by atoms with Crippen molar-refractivity contribution in [2.45, 2.75) is 63.1 Å². The van der Waals surface area contributed by atoms with Crippen molar-refractivity contribution in [3.8, 4) is 0 Å². The van der Waals surface area contributed by atoms with Crippen LogP contribution in [-0.4, -0.2) is 61.7 Å². The molecule has 4 heterocycles. The molecular formula is C25H28F3N7O2. The van der Waals surface area contributed by atoms with E-state index >= 15 is 0 Å². The van der Waals surface area contributed by atoms with Crippen molar-refractivity contribution in [1.82, 2.24) is 19.9 Å². The fourth-order valence-corrected chi connectivity index (χ4v) is 4.89. The van der Waals surface area contributed by atoms with Gasteiger partial charge in [0.2, 0.25) is 5.95 Å². The zero-order chi connectivity index (χ0) is 26.7. The van der Waals surface area contributed by atoms with E-state index in [0.717, 1.165) is 0 Å². The van der Waals surface area contributed by atoms with Gasteiger partial charge in [-0.15, -0.1) is 0 Å². The smallest absolute Gasteiger partial charge is 0.268 e. The number of piperidine rings is 1. The Hall–Kier alpha value is -3.54.